The SMILES string of the molecule is CN(C)C(=O)c1ccc(Cl)cc1NC1CCN2CCC1C2. The summed E-state index contributed by atoms with van der Waals surface area (Å²) in [5.41, 5.74) is 1.57. The third kappa shape index (κ3) is 3.01. The van der Waals surface area contributed by atoms with Crippen LogP contribution in [-0.2, 0) is 0 Å². The molecule has 2 aliphatic rings. The molecule has 2 saturated heterocycles. The van der Waals surface area contributed by atoms with Crippen LogP contribution in [0.3, 0.4) is 0 Å². The van der Waals surface area contributed by atoms with E-state index in [4.69, 9.17) is 11.6 Å². The Balaban J connectivity index is 1.83. The van der Waals surface area contributed by atoms with Gasteiger partial charge in [-0.1, -0.05) is 11.6 Å². The molecule has 0 aromatic heterocycles. The molecule has 4 nitrogen and oxygen atoms in total. The van der Waals surface area contributed by atoms with E-state index in [1.807, 2.05) is 12.1 Å². The highest BCUT2D eigenvalue weighted by Crippen LogP contribution is 2.31. The molecule has 1 aromatic rings. The van der Waals surface area contributed by atoms with Crippen LogP contribution in [-0.4, -0.2) is 55.5 Å². The average Bonchev–Trinajstić information content (AvgIpc) is 2.84. The van der Waals surface area contributed by atoms with E-state index in [9.17, 15) is 4.79 Å². The van der Waals surface area contributed by atoms with Crippen LogP contribution in [0.4, 0.5) is 5.69 Å². The first-order valence-electron chi connectivity index (χ1n) is 7.54. The molecule has 3 rings (SSSR count). The van der Waals surface area contributed by atoms with Gasteiger partial charge in [0.25, 0.3) is 5.91 Å². The Morgan fingerprint density at radius 3 is 2.86 bits per heavy atom. The molecule has 2 heterocycles. The van der Waals surface area contributed by atoms with Crippen molar-refractivity contribution in [2.45, 2.75) is 18.9 Å². The monoisotopic (exact) mass is 307 g/mol. The average molecular weight is 308 g/mol. The number of piperidine rings is 1. The molecular weight excluding hydrogens is 286 g/mol. The van der Waals surface area contributed by atoms with E-state index in [0.29, 0.717) is 22.5 Å². The van der Waals surface area contributed by atoms with E-state index >= 15 is 0 Å². The molecule has 3 unspecified atom stereocenters. The Kier molecular flexibility index (Phi) is 4.09. The lowest BCUT2D eigenvalue weighted by Crippen LogP contribution is -2.40. The highest BCUT2D eigenvalue weighted by molar-refractivity contribution is 6.31. The summed E-state index contributed by atoms with van der Waals surface area (Å²) in [6, 6.07) is 5.91. The Morgan fingerprint density at radius 2 is 2.10 bits per heavy atom. The van der Waals surface area contributed by atoms with E-state index in [2.05, 4.69) is 10.2 Å². The van der Waals surface area contributed by atoms with Gasteiger partial charge in [0.1, 0.15) is 0 Å². The number of hydrogen-bond acceptors (Lipinski definition) is 3. The van der Waals surface area contributed by atoms with Crippen molar-refractivity contribution in [3.63, 3.8) is 0 Å². The van der Waals surface area contributed by atoms with Crippen molar-refractivity contribution >= 4 is 23.2 Å². The number of halogens is 1. The lowest BCUT2D eigenvalue weighted by Gasteiger charge is -2.32. The van der Waals surface area contributed by atoms with Crippen molar-refractivity contribution in [1.82, 2.24) is 9.80 Å². The molecule has 0 saturated carbocycles. The second kappa shape index (κ2) is 5.85. The number of nitrogens with zero attached hydrogens (tertiary/aromatic N) is 2. The number of fused-ring (bicyclic) bond motifs is 2. The number of anilines is 1. The molecule has 2 bridgehead atoms. The molecule has 21 heavy (non-hydrogen) atoms. The van der Waals surface area contributed by atoms with Crippen LogP contribution in [0.1, 0.15) is 23.2 Å². The van der Waals surface area contributed by atoms with Crippen LogP contribution in [0.15, 0.2) is 18.2 Å². The van der Waals surface area contributed by atoms with Gasteiger partial charge in [-0.05, 0) is 43.5 Å². The second-order valence-corrected chi connectivity index (χ2v) is 6.71. The number of carbonyl (C=O) groups is 1. The Labute approximate surface area is 131 Å². The maximum Gasteiger partial charge on any atom is 0.255 e. The van der Waals surface area contributed by atoms with Crippen LogP contribution < -0.4 is 5.32 Å². The van der Waals surface area contributed by atoms with Crippen molar-refractivity contribution in [3.05, 3.63) is 28.8 Å². The normalized spacial score (nSPS) is 27.5. The molecule has 2 fully saturated rings. The molecule has 1 aromatic carbocycles. The number of rotatable bonds is 3. The first-order valence-corrected chi connectivity index (χ1v) is 7.92. The lowest BCUT2D eigenvalue weighted by molar-refractivity contribution is 0.0828. The van der Waals surface area contributed by atoms with Crippen LogP contribution in [0, 0.1) is 5.92 Å². The number of amides is 1. The molecule has 0 radical (unpaired) electrons. The Bertz CT molecular complexity index is 546. The standard InChI is InChI=1S/C16H22ClN3O/c1-19(2)16(21)13-4-3-12(17)9-15(13)18-14-6-8-20-7-5-11(14)10-20/h3-4,9,11,14,18H,5-8,10H2,1-2H3. The van der Waals surface area contributed by atoms with Gasteiger partial charge in [0.2, 0.25) is 0 Å². The molecule has 1 N–H and O–H groups in total. The molecule has 0 spiro atoms. The Morgan fingerprint density at radius 1 is 1.33 bits per heavy atom. The third-order valence-corrected chi connectivity index (χ3v) is 4.83. The first kappa shape index (κ1) is 14.7. The summed E-state index contributed by atoms with van der Waals surface area (Å²) < 4.78 is 0. The number of nitrogens with one attached hydrogen (secondary N) is 1. The van der Waals surface area contributed by atoms with Crippen LogP contribution in [0.2, 0.25) is 5.02 Å². The number of carbonyl (C=O) groups excluding carboxylic acids is 1. The molecule has 0 aliphatic carbocycles. The van der Waals surface area contributed by atoms with Gasteiger partial charge in [0, 0.05) is 43.9 Å². The molecule has 3 atom stereocenters. The van der Waals surface area contributed by atoms with Crippen molar-refractivity contribution < 1.29 is 4.79 Å². The van der Waals surface area contributed by atoms with Crippen LogP contribution in [0.25, 0.3) is 0 Å². The lowest BCUT2D eigenvalue weighted by atomic mass is 9.93. The predicted molar refractivity (Wildman–Crippen MR) is 86.0 cm³/mol. The van der Waals surface area contributed by atoms with E-state index in [1.165, 1.54) is 19.5 Å². The molecular formula is C16H22ClN3O. The smallest absolute Gasteiger partial charge is 0.255 e. The minimum absolute atomic E-state index is 0.0121. The topological polar surface area (TPSA) is 35.6 Å². The predicted octanol–water partition coefficient (Wildman–Crippen LogP) is 2.55. The summed E-state index contributed by atoms with van der Waals surface area (Å²) in [6.45, 7) is 3.53. The molecule has 5 heteroatoms. The fourth-order valence-corrected chi connectivity index (χ4v) is 3.58. The van der Waals surface area contributed by atoms with E-state index in [0.717, 1.165) is 18.7 Å². The largest absolute Gasteiger partial charge is 0.381 e. The Hall–Kier alpha value is -1.26. The molecule has 2 aliphatic heterocycles. The third-order valence-electron chi connectivity index (χ3n) is 4.59. The fourth-order valence-electron chi connectivity index (χ4n) is 3.40. The van der Waals surface area contributed by atoms with Crippen LogP contribution >= 0.6 is 11.6 Å². The minimum atomic E-state index is 0.0121. The van der Waals surface area contributed by atoms with Crippen molar-refractivity contribution in [3.8, 4) is 0 Å². The van der Waals surface area contributed by atoms with Gasteiger partial charge in [-0.25, -0.2) is 0 Å². The number of benzene rings is 1. The van der Waals surface area contributed by atoms with Crippen molar-refractivity contribution in [1.29, 1.82) is 0 Å². The zero-order chi connectivity index (χ0) is 15.0. The van der Waals surface area contributed by atoms with Crippen molar-refractivity contribution in [2.24, 2.45) is 5.92 Å². The highest BCUT2D eigenvalue weighted by atomic mass is 35.5. The zero-order valence-electron chi connectivity index (χ0n) is 12.6. The molecule has 114 valence electrons. The maximum absolute atomic E-state index is 12.3. The van der Waals surface area contributed by atoms with Gasteiger partial charge in [-0.2, -0.15) is 0 Å². The highest BCUT2D eigenvalue weighted by Gasteiger charge is 2.34. The summed E-state index contributed by atoms with van der Waals surface area (Å²) >= 11 is 6.12. The van der Waals surface area contributed by atoms with E-state index in [-0.39, 0.29) is 5.91 Å². The van der Waals surface area contributed by atoms with Crippen LogP contribution in [0.5, 0.6) is 0 Å². The van der Waals surface area contributed by atoms with Gasteiger partial charge in [-0.3, -0.25) is 4.79 Å². The summed E-state index contributed by atoms with van der Waals surface area (Å²) in [6.07, 6.45) is 2.38. The minimum Gasteiger partial charge on any atom is -0.381 e. The summed E-state index contributed by atoms with van der Waals surface area (Å²) in [7, 11) is 3.55. The summed E-state index contributed by atoms with van der Waals surface area (Å²) in [4.78, 5) is 16.4. The van der Waals surface area contributed by atoms with Gasteiger partial charge in [-0.15, -0.1) is 0 Å². The van der Waals surface area contributed by atoms with E-state index in [1.54, 1.807) is 25.1 Å². The van der Waals surface area contributed by atoms with Crippen molar-refractivity contribution in [2.75, 3.05) is 39.0 Å². The van der Waals surface area contributed by atoms with Gasteiger partial charge < -0.3 is 15.1 Å². The quantitative estimate of drug-likeness (QED) is 0.932. The maximum atomic E-state index is 12.3. The van der Waals surface area contributed by atoms with Gasteiger partial charge >= 0.3 is 0 Å². The van der Waals surface area contributed by atoms with E-state index < -0.39 is 0 Å². The second-order valence-electron chi connectivity index (χ2n) is 6.28. The number of hydrogen-bond donors (Lipinski definition) is 1. The summed E-state index contributed by atoms with van der Waals surface area (Å²) in [5, 5.41) is 4.26. The zero-order valence-corrected chi connectivity index (χ0v) is 13.4. The first-order chi connectivity index (χ1) is 10.0. The fraction of sp³-hybridized carbons (Fsp3) is 0.562. The summed E-state index contributed by atoms with van der Waals surface area (Å²) in [5.74, 6) is 0.693. The molecule has 1 amide bonds. The van der Waals surface area contributed by atoms with Gasteiger partial charge in [0.05, 0.1) is 5.56 Å². The van der Waals surface area contributed by atoms with Gasteiger partial charge in [0.15, 0.2) is 0 Å².